The van der Waals surface area contributed by atoms with Gasteiger partial charge in [-0.25, -0.2) is 9.97 Å². The molecule has 172 valence electrons. The van der Waals surface area contributed by atoms with Crippen LogP contribution < -0.4 is 4.74 Å². The van der Waals surface area contributed by atoms with Gasteiger partial charge >= 0.3 is 0 Å². The van der Waals surface area contributed by atoms with Crippen molar-refractivity contribution in [2.24, 2.45) is 0 Å². The van der Waals surface area contributed by atoms with Crippen molar-refractivity contribution in [1.82, 2.24) is 19.9 Å². The van der Waals surface area contributed by atoms with Crippen molar-refractivity contribution in [3.8, 4) is 5.75 Å². The fourth-order valence-electron chi connectivity index (χ4n) is 3.61. The number of pyridine rings is 3. The maximum atomic E-state index is 6.53. The number of ether oxygens (including phenoxy) is 1. The van der Waals surface area contributed by atoms with Crippen LogP contribution >= 0.6 is 23.4 Å². The van der Waals surface area contributed by atoms with Crippen molar-refractivity contribution in [1.29, 1.82) is 0 Å². The molecule has 0 fully saturated rings. The average molecular weight is 489 g/mol. The number of nitrogens with zero attached hydrogens (tertiary/aromatic N) is 4. The Hall–Kier alpha value is -3.35. The number of aryl methyl sites for hydroxylation is 1. The van der Waals surface area contributed by atoms with E-state index in [1.807, 2.05) is 57.4 Å². The maximum absolute atomic E-state index is 6.53. The lowest BCUT2D eigenvalue weighted by atomic mass is 10.0. The number of benzene rings is 1. The first kappa shape index (κ1) is 23.8. The molecule has 0 saturated heterocycles. The minimum Gasteiger partial charge on any atom is -0.487 e. The SMILES string of the molecule is C=C/C=C(/c1cc(C)nc2c(OCc3c(Cl)cncc3Sc3ccccn3)cccc12)N(C)C. The van der Waals surface area contributed by atoms with Gasteiger partial charge in [0.25, 0.3) is 0 Å². The lowest BCUT2D eigenvalue weighted by molar-refractivity contribution is 0.306. The first-order valence-corrected chi connectivity index (χ1v) is 11.9. The van der Waals surface area contributed by atoms with Gasteiger partial charge in [0, 0.05) is 65.5 Å². The molecule has 4 aromatic rings. The van der Waals surface area contributed by atoms with Gasteiger partial charge in [-0.1, -0.05) is 54.2 Å². The van der Waals surface area contributed by atoms with Gasteiger partial charge in [-0.15, -0.1) is 0 Å². The Labute approximate surface area is 209 Å². The van der Waals surface area contributed by atoms with Crippen LogP contribution in [0.3, 0.4) is 0 Å². The van der Waals surface area contributed by atoms with E-state index in [0.29, 0.717) is 10.8 Å². The second-order valence-corrected chi connectivity index (χ2v) is 9.27. The van der Waals surface area contributed by atoms with Gasteiger partial charge in [0.2, 0.25) is 0 Å². The van der Waals surface area contributed by atoms with Crippen LogP contribution in [-0.4, -0.2) is 33.9 Å². The smallest absolute Gasteiger partial charge is 0.146 e. The Morgan fingerprint density at radius 3 is 2.76 bits per heavy atom. The zero-order valence-corrected chi connectivity index (χ0v) is 20.9. The van der Waals surface area contributed by atoms with E-state index >= 15 is 0 Å². The standard InChI is InChI=1S/C27H25ClN4OS/c1-5-9-23(32(3)4)20-14-18(2)31-27-19(20)10-8-11-24(27)33-17-21-22(28)15-29-16-25(21)34-26-12-6-7-13-30-26/h5-16H,1,17H2,2-4H3/b23-9-. The predicted molar refractivity (Wildman–Crippen MR) is 140 cm³/mol. The molecule has 0 unspecified atom stereocenters. The molecule has 0 radical (unpaired) electrons. The fraction of sp³-hybridized carbons (Fsp3) is 0.148. The minimum atomic E-state index is 0.281. The van der Waals surface area contributed by atoms with Gasteiger partial charge < -0.3 is 9.64 Å². The van der Waals surface area contributed by atoms with Crippen LogP contribution in [0.5, 0.6) is 5.75 Å². The maximum Gasteiger partial charge on any atom is 0.146 e. The van der Waals surface area contributed by atoms with Crippen LogP contribution in [0.15, 0.2) is 89.7 Å². The van der Waals surface area contributed by atoms with Crippen LogP contribution in [0.2, 0.25) is 5.02 Å². The number of para-hydroxylation sites is 1. The lowest BCUT2D eigenvalue weighted by Gasteiger charge is -2.20. The van der Waals surface area contributed by atoms with Gasteiger partial charge in [0.05, 0.1) is 5.02 Å². The van der Waals surface area contributed by atoms with Crippen molar-refractivity contribution in [2.75, 3.05) is 14.1 Å². The summed E-state index contributed by atoms with van der Waals surface area (Å²) < 4.78 is 6.31. The molecular formula is C27H25ClN4OS. The zero-order chi connectivity index (χ0) is 24.1. The second-order valence-electron chi connectivity index (χ2n) is 7.80. The zero-order valence-electron chi connectivity index (χ0n) is 19.3. The van der Waals surface area contributed by atoms with E-state index in [9.17, 15) is 0 Å². The molecule has 0 atom stereocenters. The summed E-state index contributed by atoms with van der Waals surface area (Å²) in [6.07, 6.45) is 8.98. The van der Waals surface area contributed by atoms with Gasteiger partial charge in [0.1, 0.15) is 22.9 Å². The van der Waals surface area contributed by atoms with Gasteiger partial charge in [-0.05, 0) is 37.3 Å². The molecule has 3 aromatic heterocycles. The summed E-state index contributed by atoms with van der Waals surface area (Å²) >= 11 is 8.04. The number of hydrogen-bond donors (Lipinski definition) is 0. The normalized spacial score (nSPS) is 11.5. The molecule has 0 bridgehead atoms. The van der Waals surface area contributed by atoms with Gasteiger partial charge in [-0.3, -0.25) is 4.98 Å². The first-order chi connectivity index (χ1) is 16.5. The Kier molecular flexibility index (Phi) is 7.50. The van der Waals surface area contributed by atoms with E-state index in [4.69, 9.17) is 21.3 Å². The Balaban J connectivity index is 1.71. The van der Waals surface area contributed by atoms with Crippen LogP contribution in [0.1, 0.15) is 16.8 Å². The van der Waals surface area contributed by atoms with Crippen LogP contribution in [-0.2, 0) is 6.61 Å². The van der Waals surface area contributed by atoms with E-state index in [1.54, 1.807) is 24.7 Å². The van der Waals surface area contributed by atoms with E-state index < -0.39 is 0 Å². The third-order valence-corrected chi connectivity index (χ3v) is 6.50. The van der Waals surface area contributed by atoms with Crippen molar-refractivity contribution in [3.05, 3.63) is 102 Å². The molecule has 0 saturated carbocycles. The molecule has 0 aliphatic rings. The van der Waals surface area contributed by atoms with Crippen LogP contribution in [0, 0.1) is 6.92 Å². The highest BCUT2D eigenvalue weighted by atomic mass is 35.5. The number of halogens is 1. The van der Waals surface area contributed by atoms with Crippen molar-refractivity contribution >= 4 is 40.0 Å². The van der Waals surface area contributed by atoms with Gasteiger partial charge in [0.15, 0.2) is 0 Å². The van der Waals surface area contributed by atoms with E-state index in [2.05, 4.69) is 33.6 Å². The van der Waals surface area contributed by atoms with Gasteiger partial charge in [-0.2, -0.15) is 0 Å². The Morgan fingerprint density at radius 2 is 2.03 bits per heavy atom. The van der Waals surface area contributed by atoms with E-state index in [1.165, 1.54) is 11.8 Å². The lowest BCUT2D eigenvalue weighted by Crippen LogP contribution is -2.11. The average Bonchev–Trinajstić information content (AvgIpc) is 2.82. The molecule has 5 nitrogen and oxygen atoms in total. The summed E-state index contributed by atoms with van der Waals surface area (Å²) in [5, 5.41) is 2.42. The fourth-order valence-corrected chi connectivity index (χ4v) is 4.77. The molecule has 7 heteroatoms. The van der Waals surface area contributed by atoms with E-state index in [-0.39, 0.29) is 6.61 Å². The van der Waals surface area contributed by atoms with Crippen molar-refractivity contribution in [2.45, 2.75) is 23.5 Å². The Bertz CT molecular complexity index is 1360. The molecule has 3 heterocycles. The number of fused-ring (bicyclic) bond motifs is 1. The quantitative estimate of drug-likeness (QED) is 0.254. The van der Waals surface area contributed by atoms with E-state index in [0.717, 1.165) is 43.3 Å². The monoisotopic (exact) mass is 488 g/mol. The molecule has 0 amide bonds. The highest BCUT2D eigenvalue weighted by Gasteiger charge is 2.15. The third kappa shape index (κ3) is 5.24. The molecule has 0 aliphatic carbocycles. The summed E-state index contributed by atoms with van der Waals surface area (Å²) in [5.74, 6) is 0.695. The molecule has 0 N–H and O–H groups in total. The highest BCUT2D eigenvalue weighted by molar-refractivity contribution is 7.99. The van der Waals surface area contributed by atoms with Crippen molar-refractivity contribution in [3.63, 3.8) is 0 Å². The number of hydrogen-bond acceptors (Lipinski definition) is 6. The molecule has 4 rings (SSSR count). The topological polar surface area (TPSA) is 51.1 Å². The Morgan fingerprint density at radius 1 is 1.18 bits per heavy atom. The van der Waals surface area contributed by atoms with Crippen molar-refractivity contribution < 1.29 is 4.74 Å². The summed E-state index contributed by atoms with van der Waals surface area (Å²) in [4.78, 5) is 16.4. The number of aromatic nitrogens is 3. The van der Waals surface area contributed by atoms with Crippen LogP contribution in [0.25, 0.3) is 16.6 Å². The molecular weight excluding hydrogens is 464 g/mol. The summed E-state index contributed by atoms with van der Waals surface area (Å²) in [6, 6.07) is 13.9. The number of rotatable bonds is 8. The summed E-state index contributed by atoms with van der Waals surface area (Å²) in [6.45, 7) is 6.14. The minimum absolute atomic E-state index is 0.281. The molecule has 1 aromatic carbocycles. The third-order valence-electron chi connectivity index (χ3n) is 5.15. The molecule has 0 spiro atoms. The largest absolute Gasteiger partial charge is 0.487 e. The first-order valence-electron chi connectivity index (χ1n) is 10.7. The molecule has 0 aliphatic heterocycles. The predicted octanol–water partition coefficient (Wildman–Crippen LogP) is 6.81. The molecule has 34 heavy (non-hydrogen) atoms. The van der Waals surface area contributed by atoms with Crippen LogP contribution in [0.4, 0.5) is 0 Å². The highest BCUT2D eigenvalue weighted by Crippen LogP contribution is 2.35. The number of allylic oxidation sites excluding steroid dienone is 2. The second kappa shape index (κ2) is 10.7. The summed E-state index contributed by atoms with van der Waals surface area (Å²) in [5.41, 5.74) is 4.69. The summed E-state index contributed by atoms with van der Waals surface area (Å²) in [7, 11) is 4.03.